The number of likely N-dealkylation sites (tertiary alicyclic amines) is 1. The minimum absolute atomic E-state index is 0.234. The summed E-state index contributed by atoms with van der Waals surface area (Å²) in [7, 11) is 1.77. The molecule has 0 bridgehead atoms. The highest BCUT2D eigenvalue weighted by Crippen LogP contribution is 2.33. The molecular weight excluding hydrogens is 239 g/mol. The quantitative estimate of drug-likeness (QED) is 0.811. The second-order valence-corrected chi connectivity index (χ2v) is 5.02. The van der Waals surface area contributed by atoms with E-state index in [2.05, 4.69) is 0 Å². The van der Waals surface area contributed by atoms with Crippen LogP contribution in [0.15, 0.2) is 18.2 Å². The van der Waals surface area contributed by atoms with E-state index in [1.165, 1.54) is 12.1 Å². The third kappa shape index (κ3) is 3.00. The van der Waals surface area contributed by atoms with Crippen molar-refractivity contribution in [3.63, 3.8) is 0 Å². The number of aliphatic hydroxyl groups excluding tert-OH is 1. The molecular formula is C12H16BClFNO. The molecule has 5 heteroatoms. The maximum atomic E-state index is 13.2. The fraction of sp³-hybridized carbons (Fsp3) is 0.500. The Morgan fingerprint density at radius 2 is 2.06 bits per heavy atom. The third-order valence-corrected chi connectivity index (χ3v) is 3.80. The number of nitrogens with zero attached hydrogens (tertiary/aromatic N) is 1. The van der Waals surface area contributed by atoms with Crippen molar-refractivity contribution in [2.45, 2.75) is 24.9 Å². The van der Waals surface area contributed by atoms with Crippen LogP contribution in [0.3, 0.4) is 0 Å². The van der Waals surface area contributed by atoms with Crippen LogP contribution in [0.5, 0.6) is 0 Å². The van der Waals surface area contributed by atoms with Crippen molar-refractivity contribution in [1.29, 1.82) is 0 Å². The number of hydrogen-bond donors (Lipinski definition) is 1. The summed E-state index contributed by atoms with van der Waals surface area (Å²) in [4.78, 5) is 2.02. The molecule has 0 amide bonds. The average molecular weight is 256 g/mol. The second kappa shape index (κ2) is 5.38. The molecule has 1 aromatic carbocycles. The smallest absolute Gasteiger partial charge is 0.158 e. The van der Waals surface area contributed by atoms with E-state index in [0.29, 0.717) is 10.9 Å². The summed E-state index contributed by atoms with van der Waals surface area (Å²) < 4.78 is 13.2. The van der Waals surface area contributed by atoms with Crippen molar-refractivity contribution in [1.82, 2.24) is 4.90 Å². The Morgan fingerprint density at radius 3 is 2.65 bits per heavy atom. The van der Waals surface area contributed by atoms with Crippen LogP contribution >= 0.6 is 11.6 Å². The molecule has 0 aliphatic carbocycles. The van der Waals surface area contributed by atoms with Crippen LogP contribution in [0.1, 0.15) is 24.3 Å². The maximum Gasteiger partial charge on any atom is 0.158 e. The van der Waals surface area contributed by atoms with Gasteiger partial charge in [-0.15, -0.1) is 0 Å². The third-order valence-electron chi connectivity index (χ3n) is 3.46. The number of benzene rings is 1. The molecule has 2 rings (SSSR count). The first-order valence-corrected chi connectivity index (χ1v) is 6.33. The van der Waals surface area contributed by atoms with Crippen LogP contribution in [0.25, 0.3) is 0 Å². The monoisotopic (exact) mass is 255 g/mol. The van der Waals surface area contributed by atoms with Crippen LogP contribution in [0.2, 0.25) is 5.02 Å². The van der Waals surface area contributed by atoms with Gasteiger partial charge < -0.3 is 5.11 Å². The topological polar surface area (TPSA) is 23.5 Å². The zero-order valence-electron chi connectivity index (χ0n) is 9.87. The number of hydrogen-bond acceptors (Lipinski definition) is 2. The van der Waals surface area contributed by atoms with Gasteiger partial charge in [-0.25, -0.2) is 4.39 Å². The van der Waals surface area contributed by atoms with Crippen molar-refractivity contribution < 1.29 is 9.50 Å². The summed E-state index contributed by atoms with van der Waals surface area (Å²) in [6.45, 7) is 1.66. The van der Waals surface area contributed by atoms with Crippen LogP contribution in [-0.2, 0) is 0 Å². The molecule has 92 valence electrons. The zero-order chi connectivity index (χ0) is 12.4. The van der Waals surface area contributed by atoms with E-state index in [1.54, 1.807) is 13.9 Å². The fourth-order valence-corrected chi connectivity index (χ4v) is 2.68. The Labute approximate surface area is 107 Å². The van der Waals surface area contributed by atoms with Crippen LogP contribution < -0.4 is 0 Å². The summed E-state index contributed by atoms with van der Waals surface area (Å²) in [6.07, 6.45) is 1.42. The SMILES string of the molecule is BC(O)N1CCC(c2cc(F)ccc2Cl)CC1. The summed E-state index contributed by atoms with van der Waals surface area (Å²) >= 11 is 6.10. The van der Waals surface area contributed by atoms with Gasteiger partial charge in [-0.1, -0.05) is 11.6 Å². The molecule has 1 aliphatic heterocycles. The Bertz CT molecular complexity index is 394. The predicted octanol–water partition coefficient (Wildman–Crippen LogP) is 1.57. The van der Waals surface area contributed by atoms with Gasteiger partial charge in [0, 0.05) is 18.1 Å². The van der Waals surface area contributed by atoms with Gasteiger partial charge in [0.1, 0.15) is 5.82 Å². The first kappa shape index (κ1) is 12.9. The van der Waals surface area contributed by atoms with Gasteiger partial charge >= 0.3 is 0 Å². The van der Waals surface area contributed by atoms with Gasteiger partial charge in [-0.2, -0.15) is 0 Å². The average Bonchev–Trinajstić information content (AvgIpc) is 2.32. The van der Waals surface area contributed by atoms with Gasteiger partial charge in [0.15, 0.2) is 7.85 Å². The Kier molecular flexibility index (Phi) is 4.07. The molecule has 0 saturated carbocycles. The van der Waals surface area contributed by atoms with E-state index in [1.807, 2.05) is 4.90 Å². The van der Waals surface area contributed by atoms with E-state index >= 15 is 0 Å². The Hall–Kier alpha value is -0.575. The number of halogens is 2. The summed E-state index contributed by atoms with van der Waals surface area (Å²) in [5.41, 5.74) is 0.900. The molecule has 1 N–H and O–H groups in total. The molecule has 0 aromatic heterocycles. The molecule has 0 spiro atoms. The van der Waals surface area contributed by atoms with Gasteiger partial charge in [-0.05, 0) is 42.5 Å². The van der Waals surface area contributed by atoms with Gasteiger partial charge in [0.25, 0.3) is 0 Å². The van der Waals surface area contributed by atoms with E-state index in [9.17, 15) is 9.50 Å². The molecule has 1 aliphatic rings. The second-order valence-electron chi connectivity index (χ2n) is 4.61. The van der Waals surface area contributed by atoms with Crippen LogP contribution in [0, 0.1) is 5.82 Å². The fourth-order valence-electron chi connectivity index (χ4n) is 2.41. The molecule has 1 atom stereocenters. The molecule has 1 unspecified atom stereocenters. The van der Waals surface area contributed by atoms with Crippen molar-refractivity contribution in [2.75, 3.05) is 13.1 Å². The number of aliphatic hydroxyl groups is 1. The zero-order valence-corrected chi connectivity index (χ0v) is 10.6. The van der Waals surface area contributed by atoms with Crippen LogP contribution in [-0.4, -0.2) is 37.1 Å². The lowest BCUT2D eigenvalue weighted by atomic mass is 9.88. The molecule has 2 nitrogen and oxygen atoms in total. The molecule has 1 saturated heterocycles. The summed E-state index contributed by atoms with van der Waals surface area (Å²) in [5.74, 6) is 0.0653. The number of piperidine rings is 1. The predicted molar refractivity (Wildman–Crippen MR) is 69.5 cm³/mol. The highest BCUT2D eigenvalue weighted by molar-refractivity contribution is 6.31. The standard InChI is InChI=1S/C12H16BClFNO/c13-12(17)16-5-3-8(4-6-16)10-7-9(15)1-2-11(10)14/h1-2,7-8,12,17H,3-6,13H2. The lowest BCUT2D eigenvalue weighted by Crippen LogP contribution is -2.41. The minimum atomic E-state index is -0.404. The van der Waals surface area contributed by atoms with Crippen LogP contribution in [0.4, 0.5) is 4.39 Å². The van der Waals surface area contributed by atoms with E-state index in [0.717, 1.165) is 31.5 Å². The number of rotatable bonds is 2. The van der Waals surface area contributed by atoms with Crippen molar-refractivity contribution in [3.8, 4) is 0 Å². The lowest BCUT2D eigenvalue weighted by Gasteiger charge is -2.34. The van der Waals surface area contributed by atoms with Gasteiger partial charge in [0.05, 0.1) is 6.13 Å². The summed E-state index contributed by atoms with van der Waals surface area (Å²) in [6, 6.07) is 4.54. The van der Waals surface area contributed by atoms with Gasteiger partial charge in [0.2, 0.25) is 0 Å². The maximum absolute atomic E-state index is 13.2. The first-order chi connectivity index (χ1) is 8.08. The van der Waals surface area contributed by atoms with Crippen molar-refractivity contribution in [3.05, 3.63) is 34.6 Å². The van der Waals surface area contributed by atoms with Crippen molar-refractivity contribution >= 4 is 19.4 Å². The summed E-state index contributed by atoms with van der Waals surface area (Å²) in [5, 5.41) is 10.1. The molecule has 1 aromatic rings. The largest absolute Gasteiger partial charge is 0.387 e. The van der Waals surface area contributed by atoms with E-state index in [4.69, 9.17) is 11.6 Å². The molecule has 17 heavy (non-hydrogen) atoms. The normalized spacial score (nSPS) is 20.4. The van der Waals surface area contributed by atoms with Gasteiger partial charge in [-0.3, -0.25) is 4.90 Å². The van der Waals surface area contributed by atoms with Crippen molar-refractivity contribution in [2.24, 2.45) is 0 Å². The van der Waals surface area contributed by atoms with E-state index < -0.39 is 6.13 Å². The Balaban J connectivity index is 2.07. The highest BCUT2D eigenvalue weighted by Gasteiger charge is 2.24. The molecule has 1 heterocycles. The minimum Gasteiger partial charge on any atom is -0.387 e. The van der Waals surface area contributed by atoms with E-state index in [-0.39, 0.29) is 5.82 Å². The molecule has 1 fully saturated rings. The Morgan fingerprint density at radius 1 is 1.41 bits per heavy atom. The molecule has 0 radical (unpaired) electrons. The first-order valence-electron chi connectivity index (χ1n) is 5.95. The highest BCUT2D eigenvalue weighted by atomic mass is 35.5. The lowest BCUT2D eigenvalue weighted by molar-refractivity contribution is 0.0487.